The number of carboxylic acid groups (broad SMARTS) is 2. The van der Waals surface area contributed by atoms with Gasteiger partial charge < -0.3 is 24.2 Å². The van der Waals surface area contributed by atoms with E-state index in [9.17, 15) is 19.5 Å². The minimum Gasteiger partial charge on any atom is -0.550 e. The molecule has 1 N–H and O–H groups in total. The van der Waals surface area contributed by atoms with Crippen LogP contribution in [-0.2, 0) is 19.1 Å². The molecule has 0 heterocycles. The highest BCUT2D eigenvalue weighted by atomic mass is 16.5. The summed E-state index contributed by atoms with van der Waals surface area (Å²) in [5, 5.41) is 19.0. The highest BCUT2D eigenvalue weighted by Crippen LogP contribution is 2.05. The van der Waals surface area contributed by atoms with Crippen molar-refractivity contribution in [3.05, 3.63) is 12.2 Å². The molecule has 0 amide bonds. The van der Waals surface area contributed by atoms with Crippen LogP contribution in [0.1, 0.15) is 12.8 Å². The predicted octanol–water partition coefficient (Wildman–Crippen LogP) is -1.22. The third-order valence-electron chi connectivity index (χ3n) is 1.97. The first kappa shape index (κ1) is 17.1. The van der Waals surface area contributed by atoms with Crippen molar-refractivity contribution in [1.82, 2.24) is 0 Å². The lowest BCUT2D eigenvalue weighted by atomic mass is 10.2. The summed E-state index contributed by atoms with van der Waals surface area (Å²) in [6.07, 6.45) is 0.620. The van der Waals surface area contributed by atoms with E-state index in [1.807, 2.05) is 21.1 Å². The van der Waals surface area contributed by atoms with Crippen LogP contribution in [-0.4, -0.2) is 61.3 Å². The van der Waals surface area contributed by atoms with E-state index >= 15 is 0 Å². The van der Waals surface area contributed by atoms with Gasteiger partial charge in [-0.1, -0.05) is 6.08 Å². The zero-order valence-electron chi connectivity index (χ0n) is 11.3. The van der Waals surface area contributed by atoms with Gasteiger partial charge in [0, 0.05) is 18.5 Å². The van der Waals surface area contributed by atoms with E-state index in [-0.39, 0.29) is 6.42 Å². The zero-order chi connectivity index (χ0) is 15.1. The maximum atomic E-state index is 11.4. The summed E-state index contributed by atoms with van der Waals surface area (Å²) in [6, 6.07) is 0. The summed E-state index contributed by atoms with van der Waals surface area (Å²) < 4.78 is 5.38. The number of carbonyl (C=O) groups excluding carboxylic acids is 2. The molecule has 7 nitrogen and oxygen atoms in total. The van der Waals surface area contributed by atoms with Crippen molar-refractivity contribution in [2.75, 3.05) is 27.7 Å². The van der Waals surface area contributed by atoms with Crippen molar-refractivity contribution in [2.45, 2.75) is 18.9 Å². The molecule has 0 aliphatic heterocycles. The van der Waals surface area contributed by atoms with Crippen molar-refractivity contribution in [3.63, 3.8) is 0 Å². The smallest absolute Gasteiger partial charge is 0.330 e. The minimum absolute atomic E-state index is 0.296. The standard InChI is InChI=1S/C12H19NO6/c1-13(2,3)8-9(7-11(16)17)19-12(18)6-4-5-10(14)15/h4,6,9H,5,7-8H2,1-3H3,(H-,14,15,16,17)/b6-4+/t9-/m1/s1. The predicted molar refractivity (Wildman–Crippen MR) is 63.8 cm³/mol. The molecule has 0 fully saturated rings. The van der Waals surface area contributed by atoms with Crippen LogP contribution in [0.2, 0.25) is 0 Å². The largest absolute Gasteiger partial charge is 0.550 e. The van der Waals surface area contributed by atoms with Gasteiger partial charge in [0.1, 0.15) is 6.54 Å². The molecule has 0 aromatic rings. The molecule has 0 unspecified atom stereocenters. The number of hydrogen-bond donors (Lipinski definition) is 1. The Morgan fingerprint density at radius 1 is 1.32 bits per heavy atom. The highest BCUT2D eigenvalue weighted by molar-refractivity contribution is 5.83. The molecule has 0 spiro atoms. The Morgan fingerprint density at radius 2 is 1.89 bits per heavy atom. The molecule has 0 radical (unpaired) electrons. The van der Waals surface area contributed by atoms with Gasteiger partial charge >= 0.3 is 11.9 Å². The van der Waals surface area contributed by atoms with Gasteiger partial charge in [0.15, 0.2) is 6.10 Å². The van der Waals surface area contributed by atoms with E-state index in [0.29, 0.717) is 11.0 Å². The molecule has 0 saturated heterocycles. The SMILES string of the molecule is C[N+](C)(C)C[C@@H](CC(=O)[O-])OC(=O)/C=C/CC(=O)O. The Hall–Kier alpha value is -1.89. The number of rotatable bonds is 8. The van der Waals surface area contributed by atoms with Crippen LogP contribution in [0.3, 0.4) is 0 Å². The van der Waals surface area contributed by atoms with E-state index in [1.54, 1.807) is 0 Å². The van der Waals surface area contributed by atoms with Gasteiger partial charge in [-0.15, -0.1) is 0 Å². The van der Waals surface area contributed by atoms with Crippen LogP contribution < -0.4 is 5.11 Å². The number of hydrogen-bond acceptors (Lipinski definition) is 5. The molecule has 0 bridgehead atoms. The molecular formula is C12H19NO6. The lowest BCUT2D eigenvalue weighted by molar-refractivity contribution is -0.873. The van der Waals surface area contributed by atoms with E-state index in [1.165, 1.54) is 0 Å². The molecule has 108 valence electrons. The molecule has 0 aliphatic rings. The van der Waals surface area contributed by atoms with Crippen LogP contribution in [0.5, 0.6) is 0 Å². The molecule has 19 heavy (non-hydrogen) atoms. The average molecular weight is 273 g/mol. The monoisotopic (exact) mass is 273 g/mol. The van der Waals surface area contributed by atoms with Crippen molar-refractivity contribution < 1.29 is 33.8 Å². The van der Waals surface area contributed by atoms with Crippen molar-refractivity contribution >= 4 is 17.9 Å². The maximum Gasteiger partial charge on any atom is 0.330 e. The van der Waals surface area contributed by atoms with Crippen LogP contribution in [0.15, 0.2) is 12.2 Å². The number of carboxylic acids is 2. The van der Waals surface area contributed by atoms with Crippen molar-refractivity contribution in [1.29, 1.82) is 0 Å². The first-order valence-corrected chi connectivity index (χ1v) is 5.69. The Labute approximate surface area is 111 Å². The number of aliphatic carboxylic acids is 2. The quantitative estimate of drug-likeness (QED) is 0.337. The average Bonchev–Trinajstić information content (AvgIpc) is 2.12. The summed E-state index contributed by atoms with van der Waals surface area (Å²) >= 11 is 0. The second-order valence-corrected chi connectivity index (χ2v) is 5.11. The minimum atomic E-state index is -1.30. The van der Waals surface area contributed by atoms with Gasteiger partial charge in [-0.25, -0.2) is 4.79 Å². The zero-order valence-corrected chi connectivity index (χ0v) is 11.3. The third-order valence-corrected chi connectivity index (χ3v) is 1.97. The lowest BCUT2D eigenvalue weighted by Gasteiger charge is -2.28. The lowest BCUT2D eigenvalue weighted by Crippen LogP contribution is -2.45. The van der Waals surface area contributed by atoms with E-state index in [2.05, 4.69) is 0 Å². The number of esters is 1. The summed E-state index contributed by atoms with van der Waals surface area (Å²) in [4.78, 5) is 32.2. The summed E-state index contributed by atoms with van der Waals surface area (Å²) in [5.41, 5.74) is 0. The second kappa shape index (κ2) is 7.52. The second-order valence-electron chi connectivity index (χ2n) is 5.11. The molecule has 0 rings (SSSR count). The van der Waals surface area contributed by atoms with Crippen LogP contribution in [0.4, 0.5) is 0 Å². The first-order chi connectivity index (χ1) is 8.60. The Morgan fingerprint density at radius 3 is 2.32 bits per heavy atom. The molecule has 0 saturated carbocycles. The van der Waals surface area contributed by atoms with Crippen molar-refractivity contribution in [2.24, 2.45) is 0 Å². The number of ether oxygens (including phenoxy) is 1. The third kappa shape index (κ3) is 11.0. The Balaban J connectivity index is 4.46. The molecular weight excluding hydrogens is 254 g/mol. The van der Waals surface area contributed by atoms with Gasteiger partial charge in [-0.05, 0) is 0 Å². The number of carbonyl (C=O) groups is 3. The molecule has 1 atom stereocenters. The molecule has 0 aromatic heterocycles. The molecule has 0 aliphatic carbocycles. The van der Waals surface area contributed by atoms with Crippen LogP contribution in [0, 0.1) is 0 Å². The number of quaternary nitrogens is 1. The van der Waals surface area contributed by atoms with Gasteiger partial charge in [0.25, 0.3) is 0 Å². The van der Waals surface area contributed by atoms with Gasteiger partial charge in [-0.3, -0.25) is 4.79 Å². The number of nitrogens with zero attached hydrogens (tertiary/aromatic N) is 1. The number of likely N-dealkylation sites (N-methyl/N-ethyl adjacent to an activating group) is 1. The fourth-order valence-corrected chi connectivity index (χ4v) is 1.40. The van der Waals surface area contributed by atoms with Gasteiger partial charge in [0.2, 0.25) is 0 Å². The Kier molecular flexibility index (Phi) is 6.78. The Bertz CT molecular complexity index is 369. The first-order valence-electron chi connectivity index (χ1n) is 5.69. The summed E-state index contributed by atoms with van der Waals surface area (Å²) in [5.74, 6) is -3.14. The van der Waals surface area contributed by atoms with Crippen LogP contribution >= 0.6 is 0 Å². The van der Waals surface area contributed by atoms with Crippen LogP contribution in [0.25, 0.3) is 0 Å². The van der Waals surface area contributed by atoms with E-state index in [0.717, 1.165) is 12.2 Å². The fourth-order valence-electron chi connectivity index (χ4n) is 1.40. The summed E-state index contributed by atoms with van der Waals surface area (Å²) in [6.45, 7) is 0.312. The van der Waals surface area contributed by atoms with Crippen molar-refractivity contribution in [3.8, 4) is 0 Å². The van der Waals surface area contributed by atoms with Gasteiger partial charge in [0.05, 0.1) is 27.6 Å². The van der Waals surface area contributed by atoms with E-state index < -0.39 is 30.4 Å². The fraction of sp³-hybridized carbons (Fsp3) is 0.583. The van der Waals surface area contributed by atoms with Gasteiger partial charge in [-0.2, -0.15) is 0 Å². The highest BCUT2D eigenvalue weighted by Gasteiger charge is 2.21. The maximum absolute atomic E-state index is 11.4. The molecule has 0 aromatic carbocycles. The normalized spacial score (nSPS) is 13.2. The van der Waals surface area contributed by atoms with E-state index in [4.69, 9.17) is 9.84 Å². The topological polar surface area (TPSA) is 104 Å². The molecule has 7 heteroatoms. The summed E-state index contributed by atoms with van der Waals surface area (Å²) in [7, 11) is 5.49.